The van der Waals surface area contributed by atoms with Gasteiger partial charge in [0.15, 0.2) is 0 Å². The first-order valence-corrected chi connectivity index (χ1v) is 6.84. The van der Waals surface area contributed by atoms with Crippen LogP contribution in [0, 0.1) is 20.8 Å². The van der Waals surface area contributed by atoms with E-state index in [0.717, 1.165) is 6.54 Å². The van der Waals surface area contributed by atoms with E-state index in [1.165, 1.54) is 27.8 Å². The van der Waals surface area contributed by atoms with E-state index in [9.17, 15) is 0 Å². The maximum Gasteiger partial charge on any atom is 0.0594 e. The maximum absolute atomic E-state index is 4.32. The molecule has 1 aromatic carbocycles. The summed E-state index contributed by atoms with van der Waals surface area (Å²) in [5.41, 5.74) is 6.46. The molecule has 19 heavy (non-hydrogen) atoms. The molecule has 100 valence electrons. The molecule has 0 saturated carbocycles. The fourth-order valence-electron chi connectivity index (χ4n) is 2.43. The van der Waals surface area contributed by atoms with Crippen LogP contribution < -0.4 is 5.32 Å². The minimum atomic E-state index is 0.220. The van der Waals surface area contributed by atoms with E-state index >= 15 is 0 Å². The Kier molecular flexibility index (Phi) is 4.33. The number of pyridine rings is 1. The number of hydrogen-bond acceptors (Lipinski definition) is 2. The average Bonchev–Trinajstić information content (AvgIpc) is 2.40. The van der Waals surface area contributed by atoms with Crippen LogP contribution in [-0.4, -0.2) is 11.5 Å². The Hall–Kier alpha value is -1.67. The molecule has 2 rings (SSSR count). The van der Waals surface area contributed by atoms with Gasteiger partial charge in [-0.3, -0.25) is 4.98 Å². The summed E-state index contributed by atoms with van der Waals surface area (Å²) in [4.78, 5) is 4.32. The van der Waals surface area contributed by atoms with E-state index < -0.39 is 0 Å². The predicted molar refractivity (Wildman–Crippen MR) is 80.4 cm³/mol. The maximum atomic E-state index is 4.32. The second kappa shape index (κ2) is 5.98. The van der Waals surface area contributed by atoms with Crippen molar-refractivity contribution in [1.29, 1.82) is 0 Å². The van der Waals surface area contributed by atoms with Crippen LogP contribution in [0.3, 0.4) is 0 Å². The Balaban J connectivity index is 2.48. The van der Waals surface area contributed by atoms with Crippen LogP contribution in [0.2, 0.25) is 0 Å². The molecule has 1 N–H and O–H groups in total. The van der Waals surface area contributed by atoms with Crippen LogP contribution in [0.25, 0.3) is 0 Å². The van der Waals surface area contributed by atoms with Crippen LogP contribution in [-0.2, 0) is 0 Å². The predicted octanol–water partition coefficient (Wildman–Crippen LogP) is 3.71. The molecule has 2 aromatic rings. The highest BCUT2D eigenvalue weighted by Crippen LogP contribution is 2.26. The largest absolute Gasteiger partial charge is 0.306 e. The zero-order valence-electron chi connectivity index (χ0n) is 12.2. The van der Waals surface area contributed by atoms with Gasteiger partial charge in [0, 0.05) is 12.4 Å². The number of benzene rings is 1. The number of rotatable bonds is 4. The molecule has 1 unspecified atom stereocenters. The third kappa shape index (κ3) is 3.02. The summed E-state index contributed by atoms with van der Waals surface area (Å²) < 4.78 is 0. The van der Waals surface area contributed by atoms with Crippen molar-refractivity contribution in [2.75, 3.05) is 6.54 Å². The molecule has 0 radical (unpaired) electrons. The quantitative estimate of drug-likeness (QED) is 0.899. The van der Waals surface area contributed by atoms with Crippen molar-refractivity contribution in [2.24, 2.45) is 0 Å². The monoisotopic (exact) mass is 254 g/mol. The van der Waals surface area contributed by atoms with Crippen LogP contribution in [0.15, 0.2) is 36.7 Å². The van der Waals surface area contributed by atoms with E-state index in [4.69, 9.17) is 0 Å². The fraction of sp³-hybridized carbons (Fsp3) is 0.353. The first-order valence-electron chi connectivity index (χ1n) is 6.84. The Morgan fingerprint density at radius 2 is 1.95 bits per heavy atom. The van der Waals surface area contributed by atoms with E-state index in [-0.39, 0.29) is 6.04 Å². The summed E-state index contributed by atoms with van der Waals surface area (Å²) in [5, 5.41) is 3.57. The smallest absolute Gasteiger partial charge is 0.0594 e. The van der Waals surface area contributed by atoms with Gasteiger partial charge in [0.1, 0.15) is 0 Å². The van der Waals surface area contributed by atoms with E-state index in [0.29, 0.717) is 0 Å². The van der Waals surface area contributed by atoms with Crippen molar-refractivity contribution in [2.45, 2.75) is 33.7 Å². The van der Waals surface area contributed by atoms with Crippen molar-refractivity contribution in [3.05, 3.63) is 64.5 Å². The molecule has 1 atom stereocenters. The lowest BCUT2D eigenvalue weighted by Crippen LogP contribution is -2.23. The highest BCUT2D eigenvalue weighted by Gasteiger charge is 2.16. The summed E-state index contributed by atoms with van der Waals surface area (Å²) >= 11 is 0. The van der Waals surface area contributed by atoms with Gasteiger partial charge in [-0.1, -0.05) is 31.2 Å². The molecular formula is C17H22N2. The molecule has 0 spiro atoms. The normalized spacial score (nSPS) is 12.4. The third-order valence-electron chi connectivity index (χ3n) is 3.60. The first-order chi connectivity index (χ1) is 9.13. The van der Waals surface area contributed by atoms with Gasteiger partial charge in [0.05, 0.1) is 6.04 Å². The molecule has 0 aliphatic carbocycles. The topological polar surface area (TPSA) is 24.9 Å². The van der Waals surface area contributed by atoms with Gasteiger partial charge in [-0.05, 0) is 55.1 Å². The Morgan fingerprint density at radius 1 is 1.16 bits per heavy atom. The zero-order chi connectivity index (χ0) is 13.8. The molecule has 0 amide bonds. The molecule has 2 nitrogen and oxygen atoms in total. The molecule has 0 aliphatic heterocycles. The van der Waals surface area contributed by atoms with Crippen molar-refractivity contribution < 1.29 is 0 Å². The van der Waals surface area contributed by atoms with Gasteiger partial charge in [0.25, 0.3) is 0 Å². The minimum absolute atomic E-state index is 0.220. The number of aromatic nitrogens is 1. The molecule has 0 fully saturated rings. The molecule has 0 aliphatic rings. The Labute approximate surface area is 115 Å². The fourth-order valence-corrected chi connectivity index (χ4v) is 2.43. The van der Waals surface area contributed by atoms with Crippen molar-refractivity contribution in [3.63, 3.8) is 0 Å². The number of aryl methyl sites for hydroxylation is 2. The number of nitrogens with zero attached hydrogens (tertiary/aromatic N) is 1. The van der Waals surface area contributed by atoms with Crippen LogP contribution in [0.4, 0.5) is 0 Å². The molecule has 1 heterocycles. The molecule has 1 aromatic heterocycles. The first kappa shape index (κ1) is 13.8. The zero-order valence-corrected chi connectivity index (χ0v) is 12.2. The van der Waals surface area contributed by atoms with Crippen LogP contribution in [0.1, 0.15) is 40.8 Å². The highest BCUT2D eigenvalue weighted by atomic mass is 14.9. The molecule has 0 saturated heterocycles. The van der Waals surface area contributed by atoms with Crippen LogP contribution >= 0.6 is 0 Å². The lowest BCUT2D eigenvalue weighted by Gasteiger charge is -2.22. The summed E-state index contributed by atoms with van der Waals surface area (Å²) in [6, 6.07) is 8.93. The van der Waals surface area contributed by atoms with E-state index in [1.807, 2.05) is 12.4 Å². The van der Waals surface area contributed by atoms with Gasteiger partial charge in [-0.15, -0.1) is 0 Å². The second-order valence-corrected chi connectivity index (χ2v) is 5.08. The summed E-state index contributed by atoms with van der Waals surface area (Å²) in [6.45, 7) is 9.52. The number of hydrogen-bond donors (Lipinski definition) is 1. The average molecular weight is 254 g/mol. The second-order valence-electron chi connectivity index (χ2n) is 5.08. The van der Waals surface area contributed by atoms with E-state index in [1.54, 1.807) is 0 Å². The van der Waals surface area contributed by atoms with Crippen molar-refractivity contribution >= 4 is 0 Å². The van der Waals surface area contributed by atoms with Gasteiger partial charge in [-0.25, -0.2) is 0 Å². The Morgan fingerprint density at radius 3 is 2.63 bits per heavy atom. The standard InChI is InChI=1S/C17H22N2/c1-5-19-17(15-9-12(2)10-18-11-15)16-8-6-7-13(3)14(16)4/h6-11,17,19H,5H2,1-4H3. The number of nitrogens with one attached hydrogen (secondary N) is 1. The van der Waals surface area contributed by atoms with Gasteiger partial charge in [0.2, 0.25) is 0 Å². The van der Waals surface area contributed by atoms with Crippen molar-refractivity contribution in [3.8, 4) is 0 Å². The minimum Gasteiger partial charge on any atom is -0.306 e. The van der Waals surface area contributed by atoms with Crippen LogP contribution in [0.5, 0.6) is 0 Å². The summed E-state index contributed by atoms with van der Waals surface area (Å²) in [6.07, 6.45) is 3.86. The summed E-state index contributed by atoms with van der Waals surface area (Å²) in [5.74, 6) is 0. The van der Waals surface area contributed by atoms with Gasteiger partial charge < -0.3 is 5.32 Å². The van der Waals surface area contributed by atoms with Crippen molar-refractivity contribution in [1.82, 2.24) is 10.3 Å². The highest BCUT2D eigenvalue weighted by molar-refractivity contribution is 5.40. The lowest BCUT2D eigenvalue weighted by atomic mass is 9.93. The lowest BCUT2D eigenvalue weighted by molar-refractivity contribution is 0.624. The molecule has 0 bridgehead atoms. The SMILES string of the molecule is CCNC(c1cncc(C)c1)c1cccc(C)c1C. The molecular weight excluding hydrogens is 232 g/mol. The van der Waals surface area contributed by atoms with Gasteiger partial charge >= 0.3 is 0 Å². The third-order valence-corrected chi connectivity index (χ3v) is 3.60. The van der Waals surface area contributed by atoms with Gasteiger partial charge in [-0.2, -0.15) is 0 Å². The van der Waals surface area contributed by atoms with E-state index in [2.05, 4.69) is 62.3 Å². The summed E-state index contributed by atoms with van der Waals surface area (Å²) in [7, 11) is 0. The molecule has 2 heteroatoms. The Bertz CT molecular complexity index is 561.